The Labute approximate surface area is 257 Å². The Morgan fingerprint density at radius 3 is 2.24 bits per heavy atom. The summed E-state index contributed by atoms with van der Waals surface area (Å²) in [4.78, 5) is 28.8. The molecule has 0 saturated carbocycles. The van der Waals surface area contributed by atoms with Crippen molar-refractivity contribution in [3.8, 4) is 11.5 Å². The minimum Gasteiger partial charge on any atom is -0.497 e. The Morgan fingerprint density at radius 2 is 1.64 bits per heavy atom. The predicted molar refractivity (Wildman–Crippen MR) is 165 cm³/mol. The summed E-state index contributed by atoms with van der Waals surface area (Å²) in [7, 11) is -1.43. The summed E-state index contributed by atoms with van der Waals surface area (Å²) >= 11 is 12.4. The first-order valence-corrected chi connectivity index (χ1v) is 15.6. The second-order valence-corrected chi connectivity index (χ2v) is 12.0. The first-order chi connectivity index (χ1) is 20.1. The predicted octanol–water partition coefficient (Wildman–Crippen LogP) is 5.54. The molecule has 3 rings (SSSR count). The van der Waals surface area contributed by atoms with E-state index in [2.05, 4.69) is 5.32 Å². The van der Waals surface area contributed by atoms with Gasteiger partial charge < -0.3 is 19.7 Å². The quantitative estimate of drug-likeness (QED) is 0.249. The number of amides is 2. The van der Waals surface area contributed by atoms with E-state index >= 15 is 0 Å². The fourth-order valence-electron chi connectivity index (χ4n) is 4.34. The highest BCUT2D eigenvalue weighted by Crippen LogP contribution is 2.36. The highest BCUT2D eigenvalue weighted by Gasteiger charge is 2.35. The minimum atomic E-state index is -4.28. The number of rotatable bonds is 14. The van der Waals surface area contributed by atoms with Gasteiger partial charge in [-0.1, -0.05) is 61.3 Å². The number of nitrogens with one attached hydrogen (secondary N) is 1. The van der Waals surface area contributed by atoms with Gasteiger partial charge in [0.15, 0.2) is 0 Å². The van der Waals surface area contributed by atoms with E-state index in [9.17, 15) is 18.0 Å². The van der Waals surface area contributed by atoms with Crippen LogP contribution in [0.5, 0.6) is 11.5 Å². The first kappa shape index (κ1) is 33.0. The molecule has 0 aliphatic carbocycles. The molecule has 12 heteroatoms. The third-order valence-electron chi connectivity index (χ3n) is 6.54. The molecule has 0 bridgehead atoms. The van der Waals surface area contributed by atoms with Crippen molar-refractivity contribution in [2.24, 2.45) is 0 Å². The molecule has 0 spiro atoms. The van der Waals surface area contributed by atoms with Crippen LogP contribution in [0.25, 0.3) is 0 Å². The molecule has 0 saturated heterocycles. The van der Waals surface area contributed by atoms with Crippen molar-refractivity contribution in [1.82, 2.24) is 10.2 Å². The number of anilines is 1. The summed E-state index contributed by atoms with van der Waals surface area (Å²) < 4.78 is 39.9. The van der Waals surface area contributed by atoms with Crippen molar-refractivity contribution in [3.05, 3.63) is 82.3 Å². The van der Waals surface area contributed by atoms with Crippen LogP contribution in [-0.4, -0.2) is 58.5 Å². The van der Waals surface area contributed by atoms with Crippen LogP contribution in [0.1, 0.15) is 32.3 Å². The first-order valence-electron chi connectivity index (χ1n) is 13.4. The average Bonchev–Trinajstić information content (AvgIpc) is 3.00. The number of hydrogen-bond donors (Lipinski definition) is 1. The lowest BCUT2D eigenvalue weighted by Gasteiger charge is -2.33. The molecular formula is C30H35Cl2N3O6S. The molecule has 0 aliphatic rings. The van der Waals surface area contributed by atoms with Crippen molar-refractivity contribution in [3.63, 3.8) is 0 Å². The summed E-state index contributed by atoms with van der Waals surface area (Å²) in [6, 6.07) is 16.5. The van der Waals surface area contributed by atoms with Crippen LogP contribution in [0.15, 0.2) is 71.6 Å². The van der Waals surface area contributed by atoms with E-state index in [0.29, 0.717) is 34.3 Å². The molecule has 0 aromatic heterocycles. The van der Waals surface area contributed by atoms with Gasteiger partial charge in [0.25, 0.3) is 10.0 Å². The van der Waals surface area contributed by atoms with Crippen LogP contribution in [0.3, 0.4) is 0 Å². The van der Waals surface area contributed by atoms with Gasteiger partial charge >= 0.3 is 0 Å². The fraction of sp³-hybridized carbons (Fsp3) is 0.333. The Bertz CT molecular complexity index is 1490. The molecule has 0 fully saturated rings. The average molecular weight is 637 g/mol. The lowest BCUT2D eigenvalue weighted by molar-refractivity contribution is -0.140. The van der Waals surface area contributed by atoms with Crippen LogP contribution in [0.4, 0.5) is 5.69 Å². The van der Waals surface area contributed by atoms with Gasteiger partial charge in [0.2, 0.25) is 11.8 Å². The molecule has 0 radical (unpaired) electrons. The number of ether oxygens (including phenoxy) is 2. The van der Waals surface area contributed by atoms with E-state index < -0.39 is 28.5 Å². The number of sulfonamides is 1. The van der Waals surface area contributed by atoms with Crippen molar-refractivity contribution in [2.75, 3.05) is 31.6 Å². The van der Waals surface area contributed by atoms with Crippen molar-refractivity contribution in [2.45, 2.75) is 44.2 Å². The molecular weight excluding hydrogens is 601 g/mol. The Morgan fingerprint density at radius 1 is 0.929 bits per heavy atom. The van der Waals surface area contributed by atoms with Gasteiger partial charge in [0, 0.05) is 19.2 Å². The molecule has 3 aromatic rings. The molecule has 0 aliphatic heterocycles. The van der Waals surface area contributed by atoms with Crippen LogP contribution >= 0.6 is 23.2 Å². The smallest absolute Gasteiger partial charge is 0.264 e. The van der Waals surface area contributed by atoms with Gasteiger partial charge in [-0.3, -0.25) is 13.9 Å². The monoisotopic (exact) mass is 635 g/mol. The summed E-state index contributed by atoms with van der Waals surface area (Å²) in [6.45, 7) is 3.50. The van der Waals surface area contributed by atoms with Crippen molar-refractivity contribution < 1.29 is 27.5 Å². The third kappa shape index (κ3) is 7.87. The second-order valence-electron chi connectivity index (χ2n) is 9.35. The fourth-order valence-corrected chi connectivity index (χ4v) is 6.10. The lowest BCUT2D eigenvalue weighted by atomic mass is 10.1. The van der Waals surface area contributed by atoms with Crippen LogP contribution in [0, 0.1) is 0 Å². The molecule has 42 heavy (non-hydrogen) atoms. The minimum absolute atomic E-state index is 0.0117. The van der Waals surface area contributed by atoms with Crippen molar-refractivity contribution in [1.29, 1.82) is 0 Å². The zero-order valence-corrected chi connectivity index (χ0v) is 26.3. The number of methoxy groups -OCH3 is 2. The standard InChI is InChI=1S/C30H35Cl2N3O6S/c1-5-16-33-30(37)26(6-2)34(19-21-12-14-24(31)25(32)17-21)29(36)20-35(42(38,39)23-10-8-7-9-11-23)27-18-22(40-3)13-15-28(27)41-4/h7-15,17-18,26H,5-6,16,19-20H2,1-4H3,(H,33,37)/t26-/m1/s1. The number of nitrogens with zero attached hydrogens (tertiary/aromatic N) is 2. The molecule has 0 heterocycles. The van der Waals surface area contributed by atoms with Gasteiger partial charge in [0.1, 0.15) is 24.1 Å². The second kappa shape index (κ2) is 15.1. The van der Waals surface area contributed by atoms with Crippen LogP contribution in [-0.2, 0) is 26.2 Å². The highest BCUT2D eigenvalue weighted by atomic mass is 35.5. The zero-order valence-electron chi connectivity index (χ0n) is 24.0. The third-order valence-corrected chi connectivity index (χ3v) is 9.05. The maximum atomic E-state index is 14.2. The zero-order chi connectivity index (χ0) is 30.9. The number of benzene rings is 3. The number of carbonyl (C=O) groups excluding carboxylic acids is 2. The number of carbonyl (C=O) groups is 2. The molecule has 1 atom stereocenters. The van der Waals surface area contributed by atoms with E-state index in [-0.39, 0.29) is 35.2 Å². The molecule has 0 unspecified atom stereocenters. The number of halogens is 2. The van der Waals surface area contributed by atoms with Gasteiger partial charge in [-0.25, -0.2) is 8.42 Å². The van der Waals surface area contributed by atoms with Gasteiger partial charge in [-0.15, -0.1) is 0 Å². The lowest BCUT2D eigenvalue weighted by Crippen LogP contribution is -2.52. The normalized spacial score (nSPS) is 11.9. The van der Waals surface area contributed by atoms with E-state index in [0.717, 1.165) is 4.31 Å². The SMILES string of the molecule is CCCNC(=O)[C@@H](CC)N(Cc1ccc(Cl)c(Cl)c1)C(=O)CN(c1cc(OC)ccc1OC)S(=O)(=O)c1ccccc1. The van der Waals surface area contributed by atoms with E-state index in [1.54, 1.807) is 55.5 Å². The van der Waals surface area contributed by atoms with Crippen LogP contribution in [0.2, 0.25) is 10.0 Å². The molecule has 1 N–H and O–H groups in total. The summed E-state index contributed by atoms with van der Waals surface area (Å²) in [5.41, 5.74) is 0.725. The summed E-state index contributed by atoms with van der Waals surface area (Å²) in [5, 5.41) is 3.49. The molecule has 3 aromatic carbocycles. The van der Waals surface area contributed by atoms with Crippen LogP contribution < -0.4 is 19.1 Å². The van der Waals surface area contributed by atoms with E-state index in [4.69, 9.17) is 32.7 Å². The topological polar surface area (TPSA) is 105 Å². The molecule has 9 nitrogen and oxygen atoms in total. The molecule has 2 amide bonds. The van der Waals surface area contributed by atoms with E-state index in [1.165, 1.54) is 37.3 Å². The Hall–Kier alpha value is -3.47. The Kier molecular flexibility index (Phi) is 11.9. The Balaban J connectivity index is 2.14. The highest BCUT2D eigenvalue weighted by molar-refractivity contribution is 7.92. The van der Waals surface area contributed by atoms with Gasteiger partial charge in [-0.2, -0.15) is 0 Å². The summed E-state index contributed by atoms with van der Waals surface area (Å²) in [5.74, 6) is -0.371. The van der Waals surface area contributed by atoms with Crippen molar-refractivity contribution >= 4 is 50.7 Å². The molecule has 226 valence electrons. The van der Waals surface area contributed by atoms with E-state index in [1.807, 2.05) is 6.92 Å². The maximum Gasteiger partial charge on any atom is 0.264 e. The maximum absolute atomic E-state index is 14.2. The summed E-state index contributed by atoms with van der Waals surface area (Å²) in [6.07, 6.45) is 0.998. The van der Waals surface area contributed by atoms with Gasteiger partial charge in [-0.05, 0) is 54.8 Å². The van der Waals surface area contributed by atoms with Gasteiger partial charge in [0.05, 0.1) is 34.8 Å². The number of hydrogen-bond acceptors (Lipinski definition) is 6. The largest absolute Gasteiger partial charge is 0.497 e.